The van der Waals surface area contributed by atoms with E-state index < -0.39 is 5.44 Å². The van der Waals surface area contributed by atoms with Crippen molar-refractivity contribution in [2.45, 2.75) is 0 Å². The van der Waals surface area contributed by atoms with Crippen LogP contribution in [0.15, 0.2) is 30.3 Å². The molecule has 0 bridgehead atoms. The summed E-state index contributed by atoms with van der Waals surface area (Å²) in [7, 11) is 0. The van der Waals surface area contributed by atoms with Crippen LogP contribution in [0, 0.1) is 0 Å². The van der Waals surface area contributed by atoms with Crippen LogP contribution in [0.3, 0.4) is 0 Å². The van der Waals surface area contributed by atoms with E-state index in [0.29, 0.717) is 0 Å². The van der Waals surface area contributed by atoms with Gasteiger partial charge >= 0.3 is 5.44 Å². The monoisotopic (exact) mass is 251 g/mol. The molecule has 0 aromatic heterocycles. The zero-order valence-corrected chi connectivity index (χ0v) is 7.67. The van der Waals surface area contributed by atoms with E-state index in [-0.39, 0.29) is 0 Å². The van der Waals surface area contributed by atoms with E-state index in [2.05, 4.69) is 0 Å². The van der Waals surface area contributed by atoms with Crippen molar-refractivity contribution in [1.29, 1.82) is 0 Å². The van der Waals surface area contributed by atoms with Crippen molar-refractivity contribution in [2.75, 3.05) is 0 Å². The molecule has 0 radical (unpaired) electrons. The molecule has 9 heavy (non-hydrogen) atoms. The van der Waals surface area contributed by atoms with Crippen molar-refractivity contribution in [3.63, 3.8) is 0 Å². The molecule has 1 aromatic rings. The Bertz CT molecular complexity index is 210. The highest BCUT2D eigenvalue weighted by molar-refractivity contribution is 14.2. The maximum absolute atomic E-state index is 10.8. The molecule has 0 heterocycles. The summed E-state index contributed by atoms with van der Waals surface area (Å²) >= 11 is 1.92. The topological polar surface area (TPSA) is 17.1 Å². The minimum Gasteiger partial charge on any atom is -0.0619 e. The van der Waals surface area contributed by atoms with Gasteiger partial charge in [0.25, 0.3) is 22.0 Å². The van der Waals surface area contributed by atoms with Crippen LogP contribution in [0.25, 0.3) is 0 Å². The fourth-order valence-electron chi connectivity index (χ4n) is 0.545. The highest BCUT2D eigenvalue weighted by Crippen LogP contribution is 2.28. The Morgan fingerprint density at radius 2 is 1.78 bits per heavy atom. The van der Waals surface area contributed by atoms with Crippen LogP contribution in [0.4, 0.5) is 0 Å². The minimum absolute atomic E-state index is 0.910. The van der Waals surface area contributed by atoms with Gasteiger partial charge in [-0.25, -0.2) is 0 Å². The van der Waals surface area contributed by atoms with Gasteiger partial charge in [-0.2, -0.15) is 0 Å². The summed E-state index contributed by atoms with van der Waals surface area (Å²) in [4.78, 5) is 0. The molecule has 3 heteroatoms. The van der Waals surface area contributed by atoms with Crippen LogP contribution in [0.1, 0.15) is 0 Å². The summed E-state index contributed by atoms with van der Waals surface area (Å²) in [5.74, 6) is 0. The van der Waals surface area contributed by atoms with E-state index in [1.54, 1.807) is 0 Å². The highest BCUT2D eigenvalue weighted by atomic mass is 127. The average molecular weight is 251 g/mol. The lowest BCUT2D eigenvalue weighted by Gasteiger charge is -1.77. The number of hydrogen-bond donors (Lipinski definition) is 0. The van der Waals surface area contributed by atoms with Gasteiger partial charge in [0.15, 0.2) is 5.30 Å². The van der Waals surface area contributed by atoms with Crippen molar-refractivity contribution in [2.24, 2.45) is 0 Å². The maximum atomic E-state index is 10.8. The van der Waals surface area contributed by atoms with Crippen LogP contribution < -0.4 is 5.30 Å². The molecule has 0 N–H and O–H groups in total. The van der Waals surface area contributed by atoms with Crippen LogP contribution >= 0.6 is 27.5 Å². The molecule has 0 aliphatic carbocycles. The Hall–Kier alpha value is 0.0500. The smallest absolute Gasteiger partial charge is 0.0619 e. The summed E-state index contributed by atoms with van der Waals surface area (Å²) in [5, 5.41) is 0.910. The normalized spacial score (nSPS) is 11.0. The second-order valence-electron chi connectivity index (χ2n) is 1.58. The second-order valence-corrected chi connectivity index (χ2v) is 5.22. The largest absolute Gasteiger partial charge is 0.443 e. The van der Waals surface area contributed by atoms with Crippen molar-refractivity contribution in [1.82, 2.24) is 0 Å². The summed E-state index contributed by atoms with van der Waals surface area (Å²) in [6, 6.07) is 9.43. The van der Waals surface area contributed by atoms with Gasteiger partial charge < -0.3 is 0 Å². The molecule has 0 spiro atoms. The third-order valence-electron chi connectivity index (χ3n) is 0.959. The SMILES string of the molecule is O=[P+](I)c1ccccc1. The van der Waals surface area contributed by atoms with Gasteiger partial charge in [-0.1, -0.05) is 22.8 Å². The molecule has 1 nitrogen and oxygen atoms in total. The van der Waals surface area contributed by atoms with Crippen molar-refractivity contribution >= 4 is 32.8 Å². The molecule has 1 aromatic carbocycles. The average Bonchev–Trinajstić information content (AvgIpc) is 1.90. The molecule has 0 aliphatic rings. The predicted octanol–water partition coefficient (Wildman–Crippen LogP) is 2.49. The molecule has 46 valence electrons. The van der Waals surface area contributed by atoms with Crippen LogP contribution in [-0.4, -0.2) is 0 Å². The van der Waals surface area contributed by atoms with E-state index >= 15 is 0 Å². The van der Waals surface area contributed by atoms with E-state index in [0.717, 1.165) is 5.30 Å². The Kier molecular flexibility index (Phi) is 2.61. The Morgan fingerprint density at radius 3 is 2.11 bits per heavy atom. The Balaban J connectivity index is 2.98. The lowest BCUT2D eigenvalue weighted by molar-refractivity contribution is 0.602. The Morgan fingerprint density at radius 1 is 1.22 bits per heavy atom. The standard InChI is InChI=1S/C6H5IOP/c7-9(8)6-4-2-1-3-5-6/h1-5H/q+1. The zero-order valence-electron chi connectivity index (χ0n) is 4.62. The van der Waals surface area contributed by atoms with Gasteiger partial charge in [-0.15, -0.1) is 0 Å². The molecular weight excluding hydrogens is 246 g/mol. The first-order valence-corrected chi connectivity index (χ1v) is 6.53. The zero-order chi connectivity index (χ0) is 6.69. The number of hydrogen-bond acceptors (Lipinski definition) is 1. The molecule has 1 atom stereocenters. The first kappa shape index (κ1) is 7.16. The predicted molar refractivity (Wildman–Crippen MR) is 47.7 cm³/mol. The van der Waals surface area contributed by atoms with Gasteiger partial charge in [0.1, 0.15) is 0 Å². The molecule has 0 aliphatic heterocycles. The van der Waals surface area contributed by atoms with Crippen LogP contribution in [-0.2, 0) is 4.57 Å². The van der Waals surface area contributed by atoms with Crippen molar-refractivity contribution in [3.8, 4) is 0 Å². The van der Waals surface area contributed by atoms with Gasteiger partial charge in [0.05, 0.1) is 0 Å². The number of rotatable bonds is 1. The lowest BCUT2D eigenvalue weighted by atomic mass is 10.4. The lowest BCUT2D eigenvalue weighted by Crippen LogP contribution is -1.88. The second kappa shape index (κ2) is 3.28. The summed E-state index contributed by atoms with van der Waals surface area (Å²) in [5.41, 5.74) is -1.18. The third-order valence-corrected chi connectivity index (χ3v) is 3.33. The summed E-state index contributed by atoms with van der Waals surface area (Å²) < 4.78 is 10.8. The third kappa shape index (κ3) is 2.03. The Labute approximate surface area is 67.7 Å². The van der Waals surface area contributed by atoms with E-state index in [1.807, 2.05) is 52.4 Å². The van der Waals surface area contributed by atoms with E-state index in [1.165, 1.54) is 0 Å². The molecule has 0 amide bonds. The molecule has 1 rings (SSSR count). The van der Waals surface area contributed by atoms with E-state index in [9.17, 15) is 4.57 Å². The molecule has 0 fully saturated rings. The first-order valence-electron chi connectivity index (χ1n) is 2.49. The molecule has 0 saturated heterocycles. The van der Waals surface area contributed by atoms with Crippen molar-refractivity contribution < 1.29 is 4.57 Å². The number of benzene rings is 1. The quantitative estimate of drug-likeness (QED) is 0.553. The molecular formula is C6H5IOP+. The fourth-order valence-corrected chi connectivity index (χ4v) is 1.92. The molecule has 1 unspecified atom stereocenters. The van der Waals surface area contributed by atoms with Gasteiger partial charge in [0.2, 0.25) is 0 Å². The van der Waals surface area contributed by atoms with Gasteiger partial charge in [-0.05, 0) is 12.1 Å². The highest BCUT2D eigenvalue weighted by Gasteiger charge is 2.11. The summed E-state index contributed by atoms with van der Waals surface area (Å²) in [6.45, 7) is 0. The van der Waals surface area contributed by atoms with E-state index in [4.69, 9.17) is 0 Å². The van der Waals surface area contributed by atoms with Gasteiger partial charge in [0, 0.05) is 0 Å². The minimum atomic E-state index is -1.18. The fraction of sp³-hybridized carbons (Fsp3) is 0. The van der Waals surface area contributed by atoms with Crippen LogP contribution in [0.5, 0.6) is 0 Å². The number of halogens is 1. The molecule has 0 saturated carbocycles. The van der Waals surface area contributed by atoms with Crippen LogP contribution in [0.2, 0.25) is 0 Å². The maximum Gasteiger partial charge on any atom is 0.443 e. The van der Waals surface area contributed by atoms with Crippen molar-refractivity contribution in [3.05, 3.63) is 30.3 Å². The van der Waals surface area contributed by atoms with Gasteiger partial charge in [-0.3, -0.25) is 0 Å². The first-order chi connectivity index (χ1) is 4.30. The summed E-state index contributed by atoms with van der Waals surface area (Å²) in [6.07, 6.45) is 0.